The van der Waals surface area contributed by atoms with E-state index < -0.39 is 0 Å². The predicted octanol–water partition coefficient (Wildman–Crippen LogP) is 4.85. The summed E-state index contributed by atoms with van der Waals surface area (Å²) in [7, 11) is 0. The van der Waals surface area contributed by atoms with Crippen LogP contribution in [-0.4, -0.2) is 53.6 Å². The molecule has 34 heavy (non-hydrogen) atoms. The number of rotatable bonds is 4. The molecule has 1 saturated heterocycles. The fourth-order valence-corrected chi connectivity index (χ4v) is 9.92. The van der Waals surface area contributed by atoms with Crippen molar-refractivity contribution in [2.75, 3.05) is 19.6 Å². The van der Waals surface area contributed by atoms with Gasteiger partial charge in [0.1, 0.15) is 11.9 Å². The zero-order valence-electron chi connectivity index (χ0n) is 21.9. The van der Waals surface area contributed by atoms with Gasteiger partial charge in [-0.2, -0.15) is 0 Å². The van der Waals surface area contributed by atoms with Gasteiger partial charge in [0.15, 0.2) is 0 Å². The Hall–Kier alpha value is -0.940. The van der Waals surface area contributed by atoms with Gasteiger partial charge >= 0.3 is 5.97 Å². The van der Waals surface area contributed by atoms with Gasteiger partial charge in [-0.1, -0.05) is 20.8 Å². The third-order valence-corrected chi connectivity index (χ3v) is 11.4. The fraction of sp³-hybridized carbons (Fsp3) is 0.931. The molecule has 0 amide bonds. The number of ether oxygens (including phenoxy) is 1. The molecule has 192 valence electrons. The molecule has 1 heterocycles. The highest BCUT2D eigenvalue weighted by atomic mass is 16.5. The Bertz CT molecular complexity index is 799. The molecule has 1 N–H and O–H groups in total. The van der Waals surface area contributed by atoms with Gasteiger partial charge in [-0.05, 0) is 112 Å². The van der Waals surface area contributed by atoms with Crippen molar-refractivity contribution < 1.29 is 19.4 Å². The van der Waals surface area contributed by atoms with E-state index in [-0.39, 0.29) is 34.9 Å². The van der Waals surface area contributed by atoms with Crippen LogP contribution in [0, 0.1) is 46.3 Å². The van der Waals surface area contributed by atoms with Gasteiger partial charge in [-0.3, -0.25) is 14.5 Å². The number of ketones is 1. The first-order valence-electron chi connectivity index (χ1n) is 14.2. The molecule has 5 fully saturated rings. The summed E-state index contributed by atoms with van der Waals surface area (Å²) in [5.41, 5.74) is 0.0529. The molecule has 1 aliphatic heterocycles. The molecule has 4 aliphatic carbocycles. The summed E-state index contributed by atoms with van der Waals surface area (Å²) >= 11 is 0. The first kappa shape index (κ1) is 24.7. The van der Waals surface area contributed by atoms with E-state index in [9.17, 15) is 14.7 Å². The maximum atomic E-state index is 13.3. The Kier molecular flexibility index (Phi) is 6.68. The second-order valence-electron chi connectivity index (χ2n) is 13.5. The Labute approximate surface area is 206 Å². The minimum absolute atomic E-state index is 0.0606. The molecule has 0 aromatic heterocycles. The summed E-state index contributed by atoms with van der Waals surface area (Å²) in [6.45, 7) is 11.2. The Morgan fingerprint density at radius 1 is 1.06 bits per heavy atom. The van der Waals surface area contributed by atoms with E-state index in [4.69, 9.17) is 4.74 Å². The Morgan fingerprint density at radius 3 is 2.59 bits per heavy atom. The van der Waals surface area contributed by atoms with Gasteiger partial charge in [-0.25, -0.2) is 0 Å². The second-order valence-corrected chi connectivity index (χ2v) is 13.5. The van der Waals surface area contributed by atoms with E-state index in [1.807, 2.05) is 0 Å². The van der Waals surface area contributed by atoms with E-state index in [0.29, 0.717) is 41.9 Å². The standard InChI is InChI=1S/C29H47NO4/c1-18-6-5-13-30(16-18)17-26(33)34-25-15-29(4)23(19(2)31)9-10-24(29)22-8-7-20-14-21(32)11-12-28(20,3)27(22)25/h18,20-25,27,32H,5-17H2,1-4H3/t18?,20?,21?,22-,23+,24-,25?,27+,28-,29+/m0/s1. The first-order chi connectivity index (χ1) is 16.1. The van der Waals surface area contributed by atoms with Crippen LogP contribution in [0.5, 0.6) is 0 Å². The highest BCUT2D eigenvalue weighted by molar-refractivity contribution is 5.79. The maximum Gasteiger partial charge on any atom is 0.320 e. The van der Waals surface area contributed by atoms with E-state index in [0.717, 1.165) is 64.5 Å². The molecule has 5 rings (SSSR count). The summed E-state index contributed by atoms with van der Waals surface area (Å²) in [6, 6.07) is 0. The molecule has 4 saturated carbocycles. The van der Waals surface area contributed by atoms with Crippen LogP contribution in [0.3, 0.4) is 0 Å². The SMILES string of the molecule is CC(=O)[C@H]1CC[C@H]2[C@@H]3CCC4CC(O)CC[C@]4(C)[C@H]3C(OC(=O)CN3CCCC(C)C3)C[C@]12C. The van der Waals surface area contributed by atoms with Crippen LogP contribution in [0.1, 0.15) is 91.9 Å². The first-order valence-corrected chi connectivity index (χ1v) is 14.2. The average Bonchev–Trinajstić information content (AvgIpc) is 3.11. The van der Waals surface area contributed by atoms with Crippen LogP contribution in [0.2, 0.25) is 0 Å². The summed E-state index contributed by atoms with van der Waals surface area (Å²) in [5, 5.41) is 10.4. The molecule has 5 nitrogen and oxygen atoms in total. The number of carbonyl (C=O) groups is 2. The fourth-order valence-electron chi connectivity index (χ4n) is 9.92. The predicted molar refractivity (Wildman–Crippen MR) is 132 cm³/mol. The van der Waals surface area contributed by atoms with Crippen molar-refractivity contribution in [3.05, 3.63) is 0 Å². The molecular formula is C29H47NO4. The largest absolute Gasteiger partial charge is 0.461 e. The zero-order chi connectivity index (χ0) is 24.3. The van der Waals surface area contributed by atoms with Gasteiger partial charge < -0.3 is 9.84 Å². The van der Waals surface area contributed by atoms with E-state index in [1.165, 1.54) is 12.8 Å². The van der Waals surface area contributed by atoms with Gasteiger partial charge in [0.2, 0.25) is 0 Å². The van der Waals surface area contributed by atoms with Crippen molar-refractivity contribution in [3.63, 3.8) is 0 Å². The molecule has 0 bridgehead atoms. The number of hydrogen-bond acceptors (Lipinski definition) is 5. The van der Waals surface area contributed by atoms with Gasteiger partial charge in [0, 0.05) is 18.4 Å². The highest BCUT2D eigenvalue weighted by Gasteiger charge is 2.64. The van der Waals surface area contributed by atoms with Crippen molar-refractivity contribution >= 4 is 11.8 Å². The molecule has 5 aliphatic rings. The number of esters is 1. The monoisotopic (exact) mass is 473 g/mol. The molecule has 0 radical (unpaired) electrons. The molecule has 0 spiro atoms. The molecule has 0 aromatic rings. The zero-order valence-corrected chi connectivity index (χ0v) is 21.9. The van der Waals surface area contributed by atoms with Crippen LogP contribution in [0.25, 0.3) is 0 Å². The van der Waals surface area contributed by atoms with Crippen LogP contribution in [-0.2, 0) is 14.3 Å². The number of fused-ring (bicyclic) bond motifs is 5. The van der Waals surface area contributed by atoms with Gasteiger partial charge in [-0.15, -0.1) is 0 Å². The van der Waals surface area contributed by atoms with Crippen LogP contribution < -0.4 is 0 Å². The molecule has 0 aromatic carbocycles. The number of Topliss-reactive ketones (excluding diaryl/α,β-unsaturated/α-hetero) is 1. The van der Waals surface area contributed by atoms with Gasteiger partial charge in [0.05, 0.1) is 12.6 Å². The number of carbonyl (C=O) groups excluding carboxylic acids is 2. The maximum absolute atomic E-state index is 13.3. The minimum Gasteiger partial charge on any atom is -0.461 e. The highest BCUT2D eigenvalue weighted by Crippen LogP contribution is 2.68. The molecule has 5 heteroatoms. The number of likely N-dealkylation sites (tertiary alicyclic amines) is 1. The van der Waals surface area contributed by atoms with Crippen molar-refractivity contribution in [3.8, 4) is 0 Å². The third-order valence-electron chi connectivity index (χ3n) is 11.4. The van der Waals surface area contributed by atoms with Crippen LogP contribution in [0.4, 0.5) is 0 Å². The smallest absolute Gasteiger partial charge is 0.320 e. The number of piperidine rings is 1. The lowest BCUT2D eigenvalue weighted by Gasteiger charge is -2.62. The lowest BCUT2D eigenvalue weighted by atomic mass is 9.43. The number of aliphatic hydroxyl groups excluding tert-OH is 1. The number of hydrogen-bond donors (Lipinski definition) is 1. The summed E-state index contributed by atoms with van der Waals surface area (Å²) < 4.78 is 6.49. The number of aliphatic hydroxyl groups is 1. The Morgan fingerprint density at radius 2 is 1.85 bits per heavy atom. The van der Waals surface area contributed by atoms with Crippen molar-refractivity contribution in [2.45, 2.75) is 104 Å². The van der Waals surface area contributed by atoms with Crippen molar-refractivity contribution in [1.29, 1.82) is 0 Å². The molecular weight excluding hydrogens is 426 g/mol. The van der Waals surface area contributed by atoms with E-state index in [2.05, 4.69) is 25.7 Å². The van der Waals surface area contributed by atoms with Crippen LogP contribution >= 0.6 is 0 Å². The van der Waals surface area contributed by atoms with Crippen molar-refractivity contribution in [2.24, 2.45) is 46.3 Å². The number of nitrogens with zero attached hydrogens (tertiary/aromatic N) is 1. The van der Waals surface area contributed by atoms with E-state index >= 15 is 0 Å². The molecule has 10 atom stereocenters. The van der Waals surface area contributed by atoms with E-state index in [1.54, 1.807) is 6.92 Å². The Balaban J connectivity index is 1.42. The van der Waals surface area contributed by atoms with Gasteiger partial charge in [0.25, 0.3) is 0 Å². The van der Waals surface area contributed by atoms with Crippen LogP contribution in [0.15, 0.2) is 0 Å². The lowest BCUT2D eigenvalue weighted by Crippen LogP contribution is -2.60. The summed E-state index contributed by atoms with van der Waals surface area (Å²) in [5.74, 6) is 2.92. The second kappa shape index (κ2) is 9.18. The topological polar surface area (TPSA) is 66.8 Å². The normalized spacial score (nSPS) is 49.0. The quantitative estimate of drug-likeness (QED) is 0.591. The molecule has 4 unspecified atom stereocenters. The third kappa shape index (κ3) is 4.17. The summed E-state index contributed by atoms with van der Waals surface area (Å²) in [4.78, 5) is 28.3. The average molecular weight is 474 g/mol. The lowest BCUT2D eigenvalue weighted by molar-refractivity contribution is -0.199. The summed E-state index contributed by atoms with van der Waals surface area (Å²) in [6.07, 6.45) is 10.2. The van der Waals surface area contributed by atoms with Crippen molar-refractivity contribution in [1.82, 2.24) is 4.90 Å². The minimum atomic E-state index is -0.181.